The topological polar surface area (TPSA) is 42.4 Å². The largest absolute Gasteiger partial charge is 0.380 e. The number of aromatic nitrogens is 1. The van der Waals surface area contributed by atoms with Crippen molar-refractivity contribution in [1.29, 1.82) is 0 Å². The molecule has 0 aliphatic carbocycles. The average Bonchev–Trinajstić information content (AvgIpc) is 2.49. The summed E-state index contributed by atoms with van der Waals surface area (Å²) >= 11 is 0. The smallest absolute Gasteiger partial charge is 0.185 e. The second-order valence-electron chi connectivity index (χ2n) is 5.93. The predicted octanol–water partition coefficient (Wildman–Crippen LogP) is 2.40. The molecule has 0 amide bonds. The van der Waals surface area contributed by atoms with Crippen LogP contribution in [0.25, 0.3) is 0 Å². The molecule has 1 fully saturated rings. The number of hydrogen-bond donors (Lipinski definition) is 0. The fraction of sp³-hybridized carbons (Fsp3) is 0.625. The first-order chi connectivity index (χ1) is 10.0. The van der Waals surface area contributed by atoms with Crippen LogP contribution in [0.4, 0.5) is 4.39 Å². The maximum absolute atomic E-state index is 12.8. The van der Waals surface area contributed by atoms with Crippen LogP contribution in [-0.2, 0) is 4.74 Å². The summed E-state index contributed by atoms with van der Waals surface area (Å²) in [6.07, 6.45) is 2.39. The lowest BCUT2D eigenvalue weighted by Gasteiger charge is -2.37. The third kappa shape index (κ3) is 4.08. The van der Waals surface area contributed by atoms with E-state index in [0.717, 1.165) is 25.7 Å². The Balaban J connectivity index is 1.93. The number of hydrogen-bond acceptors (Lipinski definition) is 4. The van der Waals surface area contributed by atoms with Gasteiger partial charge in [-0.2, -0.15) is 0 Å². The minimum Gasteiger partial charge on any atom is -0.380 e. The minimum absolute atomic E-state index is 0.0393. The van der Waals surface area contributed by atoms with Gasteiger partial charge in [0, 0.05) is 26.1 Å². The second-order valence-corrected chi connectivity index (χ2v) is 5.93. The van der Waals surface area contributed by atoms with Crippen LogP contribution in [0.5, 0.6) is 0 Å². The van der Waals surface area contributed by atoms with Crippen LogP contribution in [0.1, 0.15) is 30.8 Å². The number of Topliss-reactive ketones (excluding diaryl/α,β-unsaturated/α-hetero) is 1. The number of methoxy groups -OCH3 is 1. The van der Waals surface area contributed by atoms with E-state index in [9.17, 15) is 9.18 Å². The number of ketones is 1. The molecule has 3 atom stereocenters. The number of carbonyl (C=O) groups excluding carboxylic acids is 1. The van der Waals surface area contributed by atoms with Crippen molar-refractivity contribution in [3.8, 4) is 0 Å². The van der Waals surface area contributed by atoms with Crippen molar-refractivity contribution >= 4 is 5.78 Å². The van der Waals surface area contributed by atoms with Crippen molar-refractivity contribution < 1.29 is 13.9 Å². The molecule has 1 aliphatic heterocycles. The number of piperidine rings is 1. The van der Waals surface area contributed by atoms with Crippen LogP contribution < -0.4 is 0 Å². The van der Waals surface area contributed by atoms with Crippen LogP contribution in [-0.4, -0.2) is 48.5 Å². The highest BCUT2D eigenvalue weighted by atomic mass is 19.1. The summed E-state index contributed by atoms with van der Waals surface area (Å²) in [5.41, 5.74) is 0.331. The molecule has 1 aromatic rings. The molecule has 5 heteroatoms. The van der Waals surface area contributed by atoms with E-state index in [4.69, 9.17) is 4.74 Å². The molecule has 0 aromatic carbocycles. The highest BCUT2D eigenvalue weighted by Crippen LogP contribution is 2.21. The quantitative estimate of drug-likeness (QED) is 0.782. The van der Waals surface area contributed by atoms with Crippen LogP contribution in [0, 0.1) is 17.7 Å². The molecule has 0 spiro atoms. The van der Waals surface area contributed by atoms with Crippen LogP contribution in [0.2, 0.25) is 0 Å². The Morgan fingerprint density at radius 3 is 2.95 bits per heavy atom. The summed E-state index contributed by atoms with van der Waals surface area (Å²) in [6, 6.07) is 2.72. The van der Waals surface area contributed by atoms with Crippen molar-refractivity contribution in [3.63, 3.8) is 0 Å². The van der Waals surface area contributed by atoms with Gasteiger partial charge in [0.05, 0.1) is 12.3 Å². The van der Waals surface area contributed by atoms with Gasteiger partial charge in [-0.3, -0.25) is 9.78 Å². The highest BCUT2D eigenvalue weighted by molar-refractivity contribution is 5.95. The van der Waals surface area contributed by atoms with Gasteiger partial charge in [0.15, 0.2) is 5.78 Å². The minimum atomic E-state index is -0.424. The molecule has 1 saturated heterocycles. The van der Waals surface area contributed by atoms with Crippen molar-refractivity contribution in [2.75, 3.05) is 26.7 Å². The SMILES string of the molecule is COC1CN(CC(C)C(=O)c2ccc(F)cn2)CCC1C. The molecule has 3 unspecified atom stereocenters. The highest BCUT2D eigenvalue weighted by Gasteiger charge is 2.28. The first kappa shape index (κ1) is 16.0. The Bertz CT molecular complexity index is 478. The average molecular weight is 294 g/mol. The molecule has 0 radical (unpaired) electrons. The Morgan fingerprint density at radius 1 is 1.57 bits per heavy atom. The molecule has 1 aromatic heterocycles. The summed E-state index contributed by atoms with van der Waals surface area (Å²) in [4.78, 5) is 18.4. The molecular formula is C16H23FN2O2. The fourth-order valence-electron chi connectivity index (χ4n) is 2.81. The molecule has 2 rings (SSSR count). The molecule has 21 heavy (non-hydrogen) atoms. The van der Waals surface area contributed by atoms with Gasteiger partial charge in [-0.25, -0.2) is 4.39 Å². The number of carbonyl (C=O) groups is 1. The monoisotopic (exact) mass is 294 g/mol. The fourth-order valence-corrected chi connectivity index (χ4v) is 2.81. The molecule has 4 nitrogen and oxygen atoms in total. The first-order valence-electron chi connectivity index (χ1n) is 7.42. The zero-order chi connectivity index (χ0) is 15.4. The van der Waals surface area contributed by atoms with E-state index >= 15 is 0 Å². The lowest BCUT2D eigenvalue weighted by atomic mass is 9.94. The molecular weight excluding hydrogens is 271 g/mol. The normalized spacial score (nSPS) is 24.8. The van der Waals surface area contributed by atoms with Gasteiger partial charge >= 0.3 is 0 Å². The molecule has 116 valence electrons. The van der Waals surface area contributed by atoms with Crippen molar-refractivity contribution in [2.45, 2.75) is 26.4 Å². The number of rotatable bonds is 5. The Kier molecular flexibility index (Phi) is 5.42. The van der Waals surface area contributed by atoms with Gasteiger partial charge in [0.25, 0.3) is 0 Å². The van der Waals surface area contributed by atoms with Crippen molar-refractivity contribution in [3.05, 3.63) is 29.8 Å². The number of ether oxygens (including phenoxy) is 1. The number of pyridine rings is 1. The van der Waals surface area contributed by atoms with Gasteiger partial charge in [0.1, 0.15) is 11.5 Å². The Labute approximate surface area is 125 Å². The van der Waals surface area contributed by atoms with E-state index in [1.807, 2.05) is 6.92 Å². The van der Waals surface area contributed by atoms with Crippen LogP contribution in [0.3, 0.4) is 0 Å². The van der Waals surface area contributed by atoms with Gasteiger partial charge in [-0.15, -0.1) is 0 Å². The van der Waals surface area contributed by atoms with Crippen molar-refractivity contribution in [1.82, 2.24) is 9.88 Å². The van der Waals surface area contributed by atoms with E-state index in [-0.39, 0.29) is 17.8 Å². The van der Waals surface area contributed by atoms with E-state index in [1.54, 1.807) is 7.11 Å². The summed E-state index contributed by atoms with van der Waals surface area (Å²) < 4.78 is 18.3. The lowest BCUT2D eigenvalue weighted by Crippen LogP contribution is -2.46. The van der Waals surface area contributed by atoms with Gasteiger partial charge in [-0.1, -0.05) is 13.8 Å². The van der Waals surface area contributed by atoms with E-state index in [2.05, 4.69) is 16.8 Å². The molecule has 0 bridgehead atoms. The maximum Gasteiger partial charge on any atom is 0.185 e. The van der Waals surface area contributed by atoms with E-state index in [0.29, 0.717) is 18.2 Å². The maximum atomic E-state index is 12.8. The van der Waals surface area contributed by atoms with E-state index < -0.39 is 5.82 Å². The van der Waals surface area contributed by atoms with Gasteiger partial charge in [0.2, 0.25) is 0 Å². The summed E-state index contributed by atoms with van der Waals surface area (Å²) in [5.74, 6) is -0.0698. The van der Waals surface area contributed by atoms with Crippen LogP contribution in [0.15, 0.2) is 18.3 Å². The zero-order valence-electron chi connectivity index (χ0n) is 12.9. The number of nitrogens with zero attached hydrogens (tertiary/aromatic N) is 2. The second kappa shape index (κ2) is 7.09. The van der Waals surface area contributed by atoms with Gasteiger partial charge < -0.3 is 9.64 Å². The summed E-state index contributed by atoms with van der Waals surface area (Å²) in [6.45, 7) is 6.61. The van der Waals surface area contributed by atoms with E-state index in [1.165, 1.54) is 12.1 Å². The number of halogens is 1. The van der Waals surface area contributed by atoms with Crippen LogP contribution >= 0.6 is 0 Å². The zero-order valence-corrected chi connectivity index (χ0v) is 12.9. The molecule has 1 aliphatic rings. The summed E-state index contributed by atoms with van der Waals surface area (Å²) in [5, 5.41) is 0. The lowest BCUT2D eigenvalue weighted by molar-refractivity contribution is -0.00798. The third-order valence-electron chi connectivity index (χ3n) is 4.24. The van der Waals surface area contributed by atoms with Crippen molar-refractivity contribution in [2.24, 2.45) is 11.8 Å². The predicted molar refractivity (Wildman–Crippen MR) is 78.7 cm³/mol. The Morgan fingerprint density at radius 2 is 2.33 bits per heavy atom. The molecule has 0 saturated carbocycles. The first-order valence-corrected chi connectivity index (χ1v) is 7.42. The number of likely N-dealkylation sites (tertiary alicyclic amines) is 1. The summed E-state index contributed by atoms with van der Waals surface area (Å²) in [7, 11) is 1.74. The third-order valence-corrected chi connectivity index (χ3v) is 4.24. The van der Waals surface area contributed by atoms with Gasteiger partial charge in [-0.05, 0) is 31.0 Å². The molecule has 0 N–H and O–H groups in total. The standard InChI is InChI=1S/C16H23FN2O2/c1-11-6-7-19(10-15(11)21-3)9-12(2)16(20)14-5-4-13(17)8-18-14/h4-5,8,11-12,15H,6-7,9-10H2,1-3H3. The Hall–Kier alpha value is -1.33. The molecule has 2 heterocycles.